The smallest absolute Gasteiger partial charge is 0.330 e. The van der Waals surface area contributed by atoms with Gasteiger partial charge in [-0.1, -0.05) is 0 Å². The Labute approximate surface area is 112 Å². The first-order valence-electron chi connectivity index (χ1n) is 5.69. The van der Waals surface area contributed by atoms with Crippen molar-refractivity contribution in [3.8, 4) is 6.07 Å². The number of rotatable bonds is 3. The van der Waals surface area contributed by atoms with E-state index in [0.29, 0.717) is 0 Å². The van der Waals surface area contributed by atoms with Gasteiger partial charge >= 0.3 is 11.7 Å². The summed E-state index contributed by atoms with van der Waals surface area (Å²) >= 11 is 0. The molecule has 1 aromatic rings. The van der Waals surface area contributed by atoms with Crippen molar-refractivity contribution in [3.63, 3.8) is 0 Å². The van der Waals surface area contributed by atoms with Gasteiger partial charge in [0.05, 0.1) is 0 Å². The second-order valence-corrected chi connectivity index (χ2v) is 4.17. The molecule has 0 radical (unpaired) electrons. The van der Waals surface area contributed by atoms with Crippen LogP contribution < -0.4 is 11.2 Å². The highest BCUT2D eigenvalue weighted by molar-refractivity contribution is 5.66. The molecule has 0 saturated heterocycles. The molecular formula is C12H11N3O5. The van der Waals surface area contributed by atoms with E-state index in [2.05, 4.69) is 4.98 Å². The van der Waals surface area contributed by atoms with Crippen LogP contribution in [0.4, 0.5) is 0 Å². The second kappa shape index (κ2) is 5.14. The van der Waals surface area contributed by atoms with E-state index in [1.54, 1.807) is 0 Å². The van der Waals surface area contributed by atoms with Crippen molar-refractivity contribution < 1.29 is 14.3 Å². The molecule has 0 saturated carbocycles. The maximum absolute atomic E-state index is 11.6. The van der Waals surface area contributed by atoms with Crippen LogP contribution in [0.15, 0.2) is 34.0 Å². The molecule has 104 valence electrons. The fraction of sp³-hybridized carbons (Fsp3) is 0.333. The minimum atomic E-state index is -1.44. The second-order valence-electron chi connectivity index (χ2n) is 4.17. The number of H-pyrrole nitrogens is 1. The third-order valence-electron chi connectivity index (χ3n) is 2.67. The lowest BCUT2D eigenvalue weighted by atomic mass is 10.1. The van der Waals surface area contributed by atoms with E-state index in [4.69, 9.17) is 14.7 Å². The molecule has 0 spiro atoms. The zero-order chi connectivity index (χ0) is 14.8. The summed E-state index contributed by atoms with van der Waals surface area (Å²) in [6.45, 7) is 0.942. The molecule has 0 fully saturated rings. The van der Waals surface area contributed by atoms with E-state index in [9.17, 15) is 14.4 Å². The van der Waals surface area contributed by atoms with E-state index in [0.717, 1.165) is 10.6 Å². The van der Waals surface area contributed by atoms with E-state index in [-0.39, 0.29) is 6.61 Å². The Hall–Kier alpha value is -2.66. The molecule has 2 rings (SSSR count). The Morgan fingerprint density at radius 1 is 1.65 bits per heavy atom. The monoisotopic (exact) mass is 277 g/mol. The molecule has 0 amide bonds. The predicted molar refractivity (Wildman–Crippen MR) is 65.6 cm³/mol. The average Bonchev–Trinajstić information content (AvgIpc) is 2.81. The van der Waals surface area contributed by atoms with Gasteiger partial charge in [-0.05, 0) is 12.2 Å². The van der Waals surface area contributed by atoms with Crippen molar-refractivity contribution in [2.45, 2.75) is 18.8 Å². The minimum Gasteiger partial charge on any atom is -0.461 e. The average molecular weight is 277 g/mol. The van der Waals surface area contributed by atoms with Crippen molar-refractivity contribution in [2.75, 3.05) is 6.61 Å². The van der Waals surface area contributed by atoms with E-state index < -0.39 is 29.0 Å². The van der Waals surface area contributed by atoms with Gasteiger partial charge in [-0.2, -0.15) is 5.26 Å². The van der Waals surface area contributed by atoms with Crippen LogP contribution in [-0.4, -0.2) is 27.7 Å². The van der Waals surface area contributed by atoms with Gasteiger partial charge in [0.15, 0.2) is 6.23 Å². The molecule has 2 heterocycles. The molecule has 0 bridgehead atoms. The SMILES string of the molecule is CC(=O)OC[C@@]1(C#N)C=C[C@H](n2ccc(=O)[nH]c2=O)O1. The number of ether oxygens (including phenoxy) is 2. The fourth-order valence-electron chi connectivity index (χ4n) is 1.70. The Morgan fingerprint density at radius 2 is 2.40 bits per heavy atom. The normalized spacial score (nSPS) is 24.3. The predicted octanol–water partition coefficient (Wildman–Crippen LogP) is -0.553. The summed E-state index contributed by atoms with van der Waals surface area (Å²) < 4.78 is 11.3. The fourth-order valence-corrected chi connectivity index (χ4v) is 1.70. The standard InChI is InChI=1S/C12H11N3O5/c1-8(16)19-7-12(6-13)4-2-10(20-12)15-5-3-9(17)14-11(15)18/h2-5,10H,7H2,1H3,(H,14,17,18)/t10-,12+/m1/s1. The summed E-state index contributed by atoms with van der Waals surface area (Å²) in [5.74, 6) is -0.540. The lowest BCUT2D eigenvalue weighted by molar-refractivity contribution is -0.148. The Morgan fingerprint density at radius 3 is 3.00 bits per heavy atom. The van der Waals surface area contributed by atoms with E-state index >= 15 is 0 Å². The zero-order valence-electron chi connectivity index (χ0n) is 10.5. The maximum Gasteiger partial charge on any atom is 0.330 e. The molecule has 2 atom stereocenters. The number of nitrogens with one attached hydrogen (secondary N) is 1. The first-order valence-corrected chi connectivity index (χ1v) is 5.69. The quantitative estimate of drug-likeness (QED) is 0.585. The molecular weight excluding hydrogens is 266 g/mol. The van der Waals surface area contributed by atoms with Crippen LogP contribution in [0.3, 0.4) is 0 Å². The summed E-state index contributed by atoms with van der Waals surface area (Å²) in [7, 11) is 0. The number of carbonyl (C=O) groups is 1. The molecule has 1 aliphatic rings. The summed E-state index contributed by atoms with van der Waals surface area (Å²) in [6, 6.07) is 3.05. The number of hydrogen-bond acceptors (Lipinski definition) is 6. The van der Waals surface area contributed by atoms with E-state index in [1.165, 1.54) is 25.3 Å². The van der Waals surface area contributed by atoms with Gasteiger partial charge in [-0.3, -0.25) is 19.1 Å². The highest BCUT2D eigenvalue weighted by Crippen LogP contribution is 2.28. The molecule has 1 N–H and O–H groups in total. The van der Waals surface area contributed by atoms with Crippen molar-refractivity contribution >= 4 is 5.97 Å². The first kappa shape index (κ1) is 13.8. The van der Waals surface area contributed by atoms with Crippen LogP contribution >= 0.6 is 0 Å². The van der Waals surface area contributed by atoms with Crippen LogP contribution in [0.2, 0.25) is 0 Å². The highest BCUT2D eigenvalue weighted by Gasteiger charge is 2.38. The van der Waals surface area contributed by atoms with Gasteiger partial charge in [-0.25, -0.2) is 4.79 Å². The molecule has 0 aromatic carbocycles. The third-order valence-corrected chi connectivity index (χ3v) is 2.67. The summed E-state index contributed by atoms with van der Waals surface area (Å²) in [5.41, 5.74) is -2.63. The molecule has 0 aliphatic carbocycles. The zero-order valence-corrected chi connectivity index (χ0v) is 10.5. The van der Waals surface area contributed by atoms with Gasteiger partial charge < -0.3 is 9.47 Å². The summed E-state index contributed by atoms with van der Waals surface area (Å²) in [4.78, 5) is 35.5. The van der Waals surface area contributed by atoms with Crippen LogP contribution in [0.25, 0.3) is 0 Å². The first-order chi connectivity index (χ1) is 9.46. The Bertz CT molecular complexity index is 711. The van der Waals surface area contributed by atoms with E-state index in [1.807, 2.05) is 6.07 Å². The third kappa shape index (κ3) is 2.67. The topological polar surface area (TPSA) is 114 Å². The minimum absolute atomic E-state index is 0.274. The van der Waals surface area contributed by atoms with Crippen LogP contribution in [0.5, 0.6) is 0 Å². The number of hydrogen-bond donors (Lipinski definition) is 1. The van der Waals surface area contributed by atoms with Gasteiger partial charge in [0.25, 0.3) is 5.56 Å². The molecule has 20 heavy (non-hydrogen) atoms. The van der Waals surface area contributed by atoms with Crippen LogP contribution in [-0.2, 0) is 14.3 Å². The van der Waals surface area contributed by atoms with Crippen molar-refractivity contribution in [2.24, 2.45) is 0 Å². The van der Waals surface area contributed by atoms with Crippen molar-refractivity contribution in [1.82, 2.24) is 9.55 Å². The van der Waals surface area contributed by atoms with Crippen molar-refractivity contribution in [3.05, 3.63) is 45.3 Å². The maximum atomic E-state index is 11.6. The van der Waals surface area contributed by atoms with Gasteiger partial charge in [0.1, 0.15) is 12.7 Å². The van der Waals surface area contributed by atoms with Gasteiger partial charge in [0, 0.05) is 19.2 Å². The summed E-state index contributed by atoms with van der Waals surface area (Å²) in [5, 5.41) is 9.14. The lowest BCUT2D eigenvalue weighted by Crippen LogP contribution is -2.36. The number of aromatic nitrogens is 2. The number of carbonyl (C=O) groups excluding carboxylic acids is 1. The van der Waals surface area contributed by atoms with Gasteiger partial charge in [0.2, 0.25) is 5.60 Å². The molecule has 1 aliphatic heterocycles. The summed E-state index contributed by atoms with van der Waals surface area (Å²) in [6.07, 6.45) is 3.30. The van der Waals surface area contributed by atoms with Crippen molar-refractivity contribution in [1.29, 1.82) is 5.26 Å². The Balaban J connectivity index is 2.22. The van der Waals surface area contributed by atoms with Crippen LogP contribution in [0, 0.1) is 11.3 Å². The largest absolute Gasteiger partial charge is 0.461 e. The number of nitriles is 1. The molecule has 1 aromatic heterocycles. The highest BCUT2D eigenvalue weighted by atomic mass is 16.6. The molecule has 8 nitrogen and oxygen atoms in total. The number of aromatic amines is 1. The number of esters is 1. The number of nitrogens with zero attached hydrogens (tertiary/aromatic N) is 2. The molecule has 8 heteroatoms. The van der Waals surface area contributed by atoms with Crippen LogP contribution in [0.1, 0.15) is 13.2 Å². The Kier molecular flexibility index (Phi) is 3.54. The molecule has 0 unspecified atom stereocenters. The lowest BCUT2D eigenvalue weighted by Gasteiger charge is -2.21. The van der Waals surface area contributed by atoms with Gasteiger partial charge in [-0.15, -0.1) is 0 Å².